The fraction of sp³-hybridized carbons (Fsp3) is 0. The van der Waals surface area contributed by atoms with E-state index in [9.17, 15) is 0 Å². The minimum atomic E-state index is 0.446. The van der Waals surface area contributed by atoms with Gasteiger partial charge in [-0.3, -0.25) is 29.9 Å². The number of hydrogen-bond donors (Lipinski definition) is 0. The molecule has 0 saturated heterocycles. The molecule has 0 aliphatic rings. The third kappa shape index (κ3) is 5.07. The van der Waals surface area contributed by atoms with Gasteiger partial charge in [0.15, 0.2) is 17.5 Å². The largest absolute Gasteiger partial charge is 0.256 e. The number of fused-ring (bicyclic) bond motifs is 4. The van der Waals surface area contributed by atoms with Gasteiger partial charge in [0, 0.05) is 75.4 Å². The Labute approximate surface area is 296 Å². The van der Waals surface area contributed by atoms with Gasteiger partial charge in [-0.1, -0.05) is 36.4 Å². The quantitative estimate of drug-likeness (QED) is 0.166. The molecule has 52 heavy (non-hydrogen) atoms. The van der Waals surface area contributed by atoms with Gasteiger partial charge in [-0.15, -0.1) is 0 Å². The van der Waals surface area contributed by atoms with Gasteiger partial charge in [-0.2, -0.15) is 0 Å². The topological polar surface area (TPSA) is 116 Å². The Kier molecular flexibility index (Phi) is 6.92. The van der Waals surface area contributed by atoms with Crippen LogP contribution in [0.15, 0.2) is 152 Å². The van der Waals surface area contributed by atoms with Crippen LogP contribution >= 0.6 is 0 Å². The first-order chi connectivity index (χ1) is 25.8. The minimum Gasteiger partial charge on any atom is -0.256 e. The molecule has 3 aromatic carbocycles. The van der Waals surface area contributed by atoms with Crippen LogP contribution in [0.25, 0.3) is 100 Å². The van der Waals surface area contributed by atoms with Crippen molar-refractivity contribution in [1.82, 2.24) is 44.9 Å². The van der Waals surface area contributed by atoms with E-state index >= 15 is 0 Å². The van der Waals surface area contributed by atoms with Crippen LogP contribution < -0.4 is 0 Å². The molecule has 0 unspecified atom stereocenters. The van der Waals surface area contributed by atoms with E-state index in [-0.39, 0.29) is 0 Å². The summed E-state index contributed by atoms with van der Waals surface area (Å²) in [4.78, 5) is 43.4. The summed E-state index contributed by atoms with van der Waals surface area (Å²) in [6.45, 7) is 0. The highest BCUT2D eigenvalue weighted by atomic mass is 15.1. The molecule has 0 spiro atoms. The van der Waals surface area contributed by atoms with Crippen LogP contribution in [0, 0.1) is 0 Å². The molecule has 9 nitrogen and oxygen atoms in total. The predicted octanol–water partition coefficient (Wildman–Crippen LogP) is 9.19. The van der Waals surface area contributed by atoms with E-state index in [1.807, 2.05) is 85.5 Å². The Morgan fingerprint density at radius 2 is 0.769 bits per heavy atom. The van der Waals surface area contributed by atoms with Crippen LogP contribution in [0.1, 0.15) is 0 Å². The molecule has 0 atom stereocenters. The lowest BCUT2D eigenvalue weighted by atomic mass is 9.90. The second kappa shape index (κ2) is 12.2. The summed E-state index contributed by atoms with van der Waals surface area (Å²) in [5.41, 5.74) is 9.31. The lowest BCUT2D eigenvalue weighted by Crippen LogP contribution is -2.02. The SMILES string of the molecule is c1ccc(-c2nc(-c3cc(-c4c5cccnc5cc5cccnc45)cc(-c4c5cccnc5cc5cccnc45)c3)nc(-c3ccccn3)n2)nc1. The van der Waals surface area contributed by atoms with Gasteiger partial charge < -0.3 is 0 Å². The van der Waals surface area contributed by atoms with Crippen molar-refractivity contribution in [3.63, 3.8) is 0 Å². The Morgan fingerprint density at radius 3 is 1.27 bits per heavy atom. The molecule has 0 bridgehead atoms. The highest BCUT2D eigenvalue weighted by Gasteiger charge is 2.20. The molecule has 242 valence electrons. The summed E-state index contributed by atoms with van der Waals surface area (Å²) < 4.78 is 0. The lowest BCUT2D eigenvalue weighted by Gasteiger charge is -2.16. The van der Waals surface area contributed by atoms with Gasteiger partial charge in [-0.25, -0.2) is 15.0 Å². The number of hydrogen-bond acceptors (Lipinski definition) is 9. The second-order valence-corrected chi connectivity index (χ2v) is 12.3. The summed E-state index contributed by atoms with van der Waals surface area (Å²) in [6.07, 6.45) is 10.8. The van der Waals surface area contributed by atoms with E-state index < -0.39 is 0 Å². The van der Waals surface area contributed by atoms with Crippen molar-refractivity contribution in [2.24, 2.45) is 0 Å². The van der Waals surface area contributed by atoms with E-state index in [0.29, 0.717) is 28.9 Å². The Hall–Kier alpha value is -7.39. The number of benzene rings is 3. The number of pyridine rings is 6. The summed E-state index contributed by atoms with van der Waals surface area (Å²) in [7, 11) is 0. The maximum absolute atomic E-state index is 5.05. The van der Waals surface area contributed by atoms with Crippen molar-refractivity contribution in [3.8, 4) is 56.7 Å². The first-order valence-electron chi connectivity index (χ1n) is 16.8. The maximum Gasteiger partial charge on any atom is 0.182 e. The molecule has 0 aliphatic carbocycles. The molecule has 0 N–H and O–H groups in total. The standard InChI is InChI=1S/C43H25N9/c1-3-15-44-33(13-1)42-50-41(51-43(52-42)34-14-2-4-16-45-34)30-22-28(37-31-11-7-17-46-35(31)24-26-9-5-19-48-39(26)37)21-29(23-30)38-32-12-8-18-47-36(32)25-27-10-6-20-49-40(27)38/h1-25H. The Bertz CT molecular complexity index is 2670. The van der Waals surface area contributed by atoms with Gasteiger partial charge in [0.25, 0.3) is 0 Å². The van der Waals surface area contributed by atoms with Gasteiger partial charge in [0.05, 0.1) is 22.1 Å². The molecule has 10 aromatic rings. The summed E-state index contributed by atoms with van der Waals surface area (Å²) in [6, 6.07) is 38.2. The van der Waals surface area contributed by atoms with Crippen LogP contribution in [0.2, 0.25) is 0 Å². The highest BCUT2D eigenvalue weighted by Crippen LogP contribution is 2.42. The smallest absolute Gasteiger partial charge is 0.182 e. The zero-order chi connectivity index (χ0) is 34.4. The van der Waals surface area contributed by atoms with Crippen molar-refractivity contribution in [2.75, 3.05) is 0 Å². The van der Waals surface area contributed by atoms with Gasteiger partial charge in [0.2, 0.25) is 0 Å². The Morgan fingerprint density at radius 1 is 0.327 bits per heavy atom. The molecule has 7 aromatic heterocycles. The van der Waals surface area contributed by atoms with Crippen LogP contribution in [0.5, 0.6) is 0 Å². The third-order valence-corrected chi connectivity index (χ3v) is 9.14. The van der Waals surface area contributed by atoms with Crippen LogP contribution in [-0.2, 0) is 0 Å². The maximum atomic E-state index is 5.05. The molecular formula is C43H25N9. The van der Waals surface area contributed by atoms with E-state index in [1.165, 1.54) is 0 Å². The van der Waals surface area contributed by atoms with Crippen LogP contribution in [0.4, 0.5) is 0 Å². The average molecular weight is 668 g/mol. The molecule has 0 aliphatic heterocycles. The van der Waals surface area contributed by atoms with Crippen LogP contribution in [0.3, 0.4) is 0 Å². The summed E-state index contributed by atoms with van der Waals surface area (Å²) >= 11 is 0. The van der Waals surface area contributed by atoms with Gasteiger partial charge in [-0.05, 0) is 90.0 Å². The highest BCUT2D eigenvalue weighted by molar-refractivity contribution is 6.13. The van der Waals surface area contributed by atoms with Crippen LogP contribution in [-0.4, -0.2) is 44.9 Å². The lowest BCUT2D eigenvalue weighted by molar-refractivity contribution is 1.05. The van der Waals surface area contributed by atoms with E-state index in [4.69, 9.17) is 34.9 Å². The zero-order valence-electron chi connectivity index (χ0n) is 27.5. The first-order valence-corrected chi connectivity index (χ1v) is 16.8. The number of rotatable bonds is 5. The molecule has 9 heteroatoms. The molecule has 0 amide bonds. The van der Waals surface area contributed by atoms with Crippen molar-refractivity contribution in [1.29, 1.82) is 0 Å². The average Bonchev–Trinajstić information content (AvgIpc) is 3.22. The normalized spacial score (nSPS) is 11.5. The van der Waals surface area contributed by atoms with Gasteiger partial charge >= 0.3 is 0 Å². The fourth-order valence-electron chi connectivity index (χ4n) is 6.88. The molecular weight excluding hydrogens is 643 g/mol. The van der Waals surface area contributed by atoms with E-state index in [2.05, 4.69) is 64.6 Å². The molecule has 0 saturated carbocycles. The molecule has 10 rings (SSSR count). The zero-order valence-corrected chi connectivity index (χ0v) is 27.5. The first kappa shape index (κ1) is 29.5. The number of aromatic nitrogens is 9. The van der Waals surface area contributed by atoms with Crippen molar-refractivity contribution >= 4 is 43.6 Å². The van der Waals surface area contributed by atoms with Crippen molar-refractivity contribution < 1.29 is 0 Å². The van der Waals surface area contributed by atoms with E-state index in [0.717, 1.165) is 71.4 Å². The van der Waals surface area contributed by atoms with Crippen molar-refractivity contribution in [3.05, 3.63) is 152 Å². The third-order valence-electron chi connectivity index (χ3n) is 9.14. The Balaban J connectivity index is 1.33. The summed E-state index contributed by atoms with van der Waals surface area (Å²) in [5.74, 6) is 1.37. The molecule has 7 heterocycles. The van der Waals surface area contributed by atoms with Gasteiger partial charge in [0.1, 0.15) is 11.4 Å². The predicted molar refractivity (Wildman–Crippen MR) is 204 cm³/mol. The summed E-state index contributed by atoms with van der Waals surface area (Å²) in [5, 5.41) is 3.95. The van der Waals surface area contributed by atoms with E-state index in [1.54, 1.807) is 12.4 Å². The monoisotopic (exact) mass is 667 g/mol. The fourth-order valence-corrected chi connectivity index (χ4v) is 6.88. The molecule has 0 radical (unpaired) electrons. The minimum absolute atomic E-state index is 0.446. The second-order valence-electron chi connectivity index (χ2n) is 12.3. The number of nitrogens with zero attached hydrogens (tertiary/aromatic N) is 9. The van der Waals surface area contributed by atoms with Crippen molar-refractivity contribution in [2.45, 2.75) is 0 Å². The molecule has 0 fully saturated rings.